The highest BCUT2D eigenvalue weighted by Crippen LogP contribution is 2.32. The van der Waals surface area contributed by atoms with Crippen LogP contribution in [0.15, 0.2) is 66.7 Å². The number of aryl methyl sites for hydroxylation is 2. The fraction of sp³-hybridized carbons (Fsp3) is 0.267. The van der Waals surface area contributed by atoms with Crippen LogP contribution in [-0.2, 0) is 17.6 Å². The van der Waals surface area contributed by atoms with Crippen molar-refractivity contribution in [2.24, 2.45) is 0 Å². The number of hydrogen-bond donors (Lipinski definition) is 2. The predicted octanol–water partition coefficient (Wildman–Crippen LogP) is 6.80. The third kappa shape index (κ3) is 5.91. The molecule has 0 saturated heterocycles. The van der Waals surface area contributed by atoms with Crippen molar-refractivity contribution in [2.45, 2.75) is 50.5 Å². The Hall–Kier alpha value is -3.91. The van der Waals surface area contributed by atoms with Gasteiger partial charge in [-0.3, -0.25) is 4.79 Å². The molecule has 5 rings (SSSR count). The van der Waals surface area contributed by atoms with Gasteiger partial charge < -0.3 is 10.4 Å². The number of hydrogen-bond acceptors (Lipinski definition) is 4. The van der Waals surface area contributed by atoms with Crippen LogP contribution in [0.1, 0.15) is 58.9 Å². The Kier molecular flexibility index (Phi) is 7.57. The van der Waals surface area contributed by atoms with Gasteiger partial charge >= 0.3 is 11.9 Å². The highest BCUT2D eigenvalue weighted by atomic mass is 35.5. The normalized spacial score (nSPS) is 15.1. The SMILES string of the molecule is O=C(NC1CCCc2cc(Cl)ccc21)c1ccc2nc(-c3ccccc3)c(CCCC(F)(F)C(=O)O)nc2c1. The maximum atomic E-state index is 13.7. The Morgan fingerprint density at radius 3 is 2.59 bits per heavy atom. The molecule has 1 aromatic heterocycles. The van der Waals surface area contributed by atoms with E-state index in [1.54, 1.807) is 18.2 Å². The molecule has 0 spiro atoms. The lowest BCUT2D eigenvalue weighted by Gasteiger charge is -2.26. The van der Waals surface area contributed by atoms with E-state index in [1.807, 2.05) is 48.5 Å². The summed E-state index contributed by atoms with van der Waals surface area (Å²) in [4.78, 5) is 33.5. The highest BCUT2D eigenvalue weighted by Gasteiger charge is 2.37. The van der Waals surface area contributed by atoms with Crippen molar-refractivity contribution in [1.82, 2.24) is 15.3 Å². The maximum absolute atomic E-state index is 13.7. The molecule has 4 aromatic rings. The number of carbonyl (C=O) groups is 2. The van der Waals surface area contributed by atoms with Crippen LogP contribution in [0.3, 0.4) is 0 Å². The number of nitrogens with one attached hydrogen (secondary N) is 1. The van der Waals surface area contributed by atoms with E-state index >= 15 is 0 Å². The summed E-state index contributed by atoms with van der Waals surface area (Å²) in [5.41, 5.74) is 5.39. The number of carboxylic acids is 1. The van der Waals surface area contributed by atoms with E-state index in [1.165, 1.54) is 0 Å². The van der Waals surface area contributed by atoms with Crippen molar-refractivity contribution >= 4 is 34.5 Å². The van der Waals surface area contributed by atoms with Crippen molar-refractivity contribution in [3.63, 3.8) is 0 Å². The number of alkyl halides is 2. The van der Waals surface area contributed by atoms with Gasteiger partial charge in [-0.1, -0.05) is 48.0 Å². The minimum Gasteiger partial charge on any atom is -0.477 e. The van der Waals surface area contributed by atoms with Crippen LogP contribution < -0.4 is 5.32 Å². The zero-order valence-corrected chi connectivity index (χ0v) is 21.7. The number of nitrogens with zero attached hydrogens (tertiary/aromatic N) is 2. The van der Waals surface area contributed by atoms with Gasteiger partial charge in [-0.25, -0.2) is 14.8 Å². The van der Waals surface area contributed by atoms with Gasteiger partial charge in [-0.05, 0) is 73.6 Å². The van der Waals surface area contributed by atoms with Crippen LogP contribution in [0.2, 0.25) is 5.02 Å². The lowest BCUT2D eigenvalue weighted by molar-refractivity contribution is -0.165. The number of rotatable bonds is 8. The van der Waals surface area contributed by atoms with Gasteiger partial charge in [0, 0.05) is 22.6 Å². The van der Waals surface area contributed by atoms with Gasteiger partial charge in [0.25, 0.3) is 5.91 Å². The molecular weight excluding hydrogens is 524 g/mol. The van der Waals surface area contributed by atoms with E-state index in [0.29, 0.717) is 33.0 Å². The number of aliphatic carboxylic acids is 1. The Bertz CT molecular complexity index is 1550. The number of carbonyl (C=O) groups excluding carboxylic acids is 1. The molecule has 39 heavy (non-hydrogen) atoms. The van der Waals surface area contributed by atoms with Crippen LogP contribution in [0, 0.1) is 0 Å². The molecule has 0 bridgehead atoms. The molecule has 9 heteroatoms. The number of aromatic nitrogens is 2. The van der Waals surface area contributed by atoms with Crippen LogP contribution in [0.4, 0.5) is 8.78 Å². The number of benzene rings is 3. The summed E-state index contributed by atoms with van der Waals surface area (Å²) in [7, 11) is 0. The Balaban J connectivity index is 1.43. The van der Waals surface area contributed by atoms with E-state index in [-0.39, 0.29) is 24.8 Å². The summed E-state index contributed by atoms with van der Waals surface area (Å²) in [6.07, 6.45) is 1.87. The van der Waals surface area contributed by atoms with Gasteiger partial charge in [0.1, 0.15) is 0 Å². The Morgan fingerprint density at radius 1 is 1.03 bits per heavy atom. The maximum Gasteiger partial charge on any atom is 0.374 e. The van der Waals surface area contributed by atoms with Crippen molar-refractivity contribution in [2.75, 3.05) is 0 Å². The molecule has 3 aromatic carbocycles. The summed E-state index contributed by atoms with van der Waals surface area (Å²) >= 11 is 6.15. The van der Waals surface area contributed by atoms with Crippen LogP contribution in [0.25, 0.3) is 22.3 Å². The summed E-state index contributed by atoms with van der Waals surface area (Å²) in [6, 6.07) is 19.9. The minimum atomic E-state index is -3.81. The Morgan fingerprint density at radius 2 is 1.82 bits per heavy atom. The van der Waals surface area contributed by atoms with Gasteiger partial charge in [0.2, 0.25) is 0 Å². The third-order valence-electron chi connectivity index (χ3n) is 6.99. The molecule has 2 N–H and O–H groups in total. The fourth-order valence-electron chi connectivity index (χ4n) is 4.99. The quantitative estimate of drug-likeness (QED) is 0.252. The molecule has 1 aliphatic rings. The van der Waals surface area contributed by atoms with E-state index in [0.717, 1.165) is 36.0 Å². The summed E-state index contributed by atoms with van der Waals surface area (Å²) in [5, 5.41) is 12.5. The number of amides is 1. The third-order valence-corrected chi connectivity index (χ3v) is 7.22. The lowest BCUT2D eigenvalue weighted by Crippen LogP contribution is -2.31. The summed E-state index contributed by atoms with van der Waals surface area (Å²) in [6.45, 7) is 0. The molecule has 1 amide bonds. The summed E-state index contributed by atoms with van der Waals surface area (Å²) < 4.78 is 27.4. The van der Waals surface area contributed by atoms with Gasteiger partial charge in [0.15, 0.2) is 0 Å². The molecule has 6 nitrogen and oxygen atoms in total. The Labute approximate surface area is 229 Å². The fourth-order valence-corrected chi connectivity index (χ4v) is 5.19. The molecule has 0 fully saturated rings. The van der Waals surface area contributed by atoms with E-state index < -0.39 is 18.3 Å². The molecule has 1 aliphatic carbocycles. The number of fused-ring (bicyclic) bond motifs is 2. The van der Waals surface area contributed by atoms with Crippen molar-refractivity contribution in [3.8, 4) is 11.3 Å². The van der Waals surface area contributed by atoms with Crippen LogP contribution in [0.5, 0.6) is 0 Å². The topological polar surface area (TPSA) is 92.2 Å². The predicted molar refractivity (Wildman–Crippen MR) is 145 cm³/mol. The van der Waals surface area contributed by atoms with Crippen molar-refractivity contribution < 1.29 is 23.5 Å². The largest absolute Gasteiger partial charge is 0.477 e. The zero-order valence-electron chi connectivity index (χ0n) is 21.0. The second kappa shape index (κ2) is 11.1. The zero-order chi connectivity index (χ0) is 27.6. The van der Waals surface area contributed by atoms with Gasteiger partial charge in [0.05, 0.1) is 28.5 Å². The first-order chi connectivity index (χ1) is 18.7. The molecule has 0 radical (unpaired) electrons. The second-order valence-corrected chi connectivity index (χ2v) is 10.1. The molecule has 200 valence electrons. The molecule has 1 heterocycles. The molecule has 1 unspecified atom stereocenters. The first-order valence-corrected chi connectivity index (χ1v) is 13.2. The summed E-state index contributed by atoms with van der Waals surface area (Å²) in [5.74, 6) is -6.21. The van der Waals surface area contributed by atoms with Gasteiger partial charge in [-0.2, -0.15) is 8.78 Å². The van der Waals surface area contributed by atoms with Crippen molar-refractivity contribution in [1.29, 1.82) is 0 Å². The van der Waals surface area contributed by atoms with E-state index in [9.17, 15) is 18.4 Å². The van der Waals surface area contributed by atoms with Crippen molar-refractivity contribution in [3.05, 3.63) is 94.1 Å². The second-order valence-electron chi connectivity index (χ2n) is 9.71. The number of carboxylic acid groups (broad SMARTS) is 1. The lowest BCUT2D eigenvalue weighted by atomic mass is 9.87. The van der Waals surface area contributed by atoms with E-state index in [4.69, 9.17) is 26.7 Å². The standard InChI is InChI=1S/C30H26ClF2N3O3/c31-21-12-13-22-19(16-21)8-4-9-23(22)36-28(37)20-11-14-24-26(17-20)34-25(10-5-15-30(32,33)29(38)39)27(35-24)18-6-2-1-3-7-18/h1-3,6-7,11-14,16-17,23H,4-5,8-10,15H2,(H,36,37)(H,38,39). The van der Waals surface area contributed by atoms with Gasteiger partial charge in [-0.15, -0.1) is 0 Å². The molecule has 1 atom stereocenters. The molecular formula is C30H26ClF2N3O3. The monoisotopic (exact) mass is 549 g/mol. The first kappa shape index (κ1) is 26.7. The average molecular weight is 550 g/mol. The smallest absolute Gasteiger partial charge is 0.374 e. The molecule has 0 saturated carbocycles. The average Bonchev–Trinajstić information content (AvgIpc) is 2.92. The van der Waals surface area contributed by atoms with Crippen LogP contribution >= 0.6 is 11.6 Å². The minimum absolute atomic E-state index is 0.0927. The first-order valence-electron chi connectivity index (χ1n) is 12.8. The molecule has 0 aliphatic heterocycles. The highest BCUT2D eigenvalue weighted by molar-refractivity contribution is 6.30. The van der Waals surface area contributed by atoms with E-state index in [2.05, 4.69) is 5.32 Å². The van der Waals surface area contributed by atoms with Crippen LogP contribution in [-0.4, -0.2) is 32.9 Å². The number of halogens is 3.